The van der Waals surface area contributed by atoms with Crippen LogP contribution in [0.1, 0.15) is 12.8 Å². The van der Waals surface area contributed by atoms with E-state index in [0.717, 1.165) is 12.8 Å². The zero-order valence-electron chi connectivity index (χ0n) is 14.2. The summed E-state index contributed by atoms with van der Waals surface area (Å²) in [4.78, 5) is 23.4. The number of urea groups is 1. The molecule has 3 amide bonds. The lowest BCUT2D eigenvalue weighted by atomic mass is 10.3. The number of benzene rings is 1. The molecule has 0 radical (unpaired) electrons. The maximum Gasteiger partial charge on any atom is 0.321 e. The molecular weight excluding hydrogens is 360 g/mol. The topological polar surface area (TPSA) is 117 Å². The number of nitrogens with one attached hydrogen (secondary N) is 3. The molecule has 3 rings (SSSR count). The summed E-state index contributed by atoms with van der Waals surface area (Å²) in [5.41, 5.74) is 0.483. The first-order valence-electron chi connectivity index (χ1n) is 8.47. The quantitative estimate of drug-likeness (QED) is 0.643. The van der Waals surface area contributed by atoms with Gasteiger partial charge in [-0.3, -0.25) is 10.1 Å². The molecular formula is C16H22N4O5S. The van der Waals surface area contributed by atoms with Gasteiger partial charge in [0.05, 0.1) is 24.7 Å². The Hall–Kier alpha value is -2.17. The van der Waals surface area contributed by atoms with Crippen LogP contribution in [0, 0.1) is 0 Å². The van der Waals surface area contributed by atoms with Gasteiger partial charge in [0, 0.05) is 24.8 Å². The van der Waals surface area contributed by atoms with E-state index in [1.807, 2.05) is 0 Å². The number of amides is 3. The first-order valence-corrected chi connectivity index (χ1v) is 9.91. The SMILES string of the molecule is O=C(CNc1cccc(S(=O)(=O)N2CCOCC2)c1)NC(=O)NC1CC1. The maximum atomic E-state index is 12.6. The molecule has 1 aliphatic heterocycles. The second-order valence-electron chi connectivity index (χ2n) is 6.19. The zero-order valence-corrected chi connectivity index (χ0v) is 15.0. The summed E-state index contributed by atoms with van der Waals surface area (Å²) in [6.45, 7) is 1.25. The second-order valence-corrected chi connectivity index (χ2v) is 8.13. The largest absolute Gasteiger partial charge is 0.379 e. The predicted molar refractivity (Wildman–Crippen MR) is 94.2 cm³/mol. The third-order valence-electron chi connectivity index (χ3n) is 4.06. The number of ether oxygens (including phenoxy) is 1. The van der Waals surface area contributed by atoms with E-state index in [-0.39, 0.29) is 17.5 Å². The lowest BCUT2D eigenvalue weighted by molar-refractivity contribution is -0.118. The van der Waals surface area contributed by atoms with E-state index < -0.39 is 22.0 Å². The van der Waals surface area contributed by atoms with E-state index in [0.29, 0.717) is 32.0 Å². The summed E-state index contributed by atoms with van der Waals surface area (Å²) in [5.74, 6) is -0.496. The number of nitrogens with zero attached hydrogens (tertiary/aromatic N) is 1. The summed E-state index contributed by atoms with van der Waals surface area (Å²) in [6.07, 6.45) is 1.87. The smallest absolute Gasteiger partial charge is 0.321 e. The van der Waals surface area contributed by atoms with Gasteiger partial charge in [-0.15, -0.1) is 0 Å². The third-order valence-corrected chi connectivity index (χ3v) is 5.96. The maximum absolute atomic E-state index is 12.6. The first kappa shape index (κ1) is 18.6. The van der Waals surface area contributed by atoms with Crippen molar-refractivity contribution in [1.82, 2.24) is 14.9 Å². The third kappa shape index (κ3) is 4.93. The van der Waals surface area contributed by atoms with Crippen molar-refractivity contribution in [1.29, 1.82) is 0 Å². The normalized spacial score (nSPS) is 18.2. The van der Waals surface area contributed by atoms with Crippen LogP contribution >= 0.6 is 0 Å². The van der Waals surface area contributed by atoms with E-state index in [1.165, 1.54) is 16.4 Å². The molecule has 1 heterocycles. The molecule has 0 spiro atoms. The Balaban J connectivity index is 1.56. The molecule has 1 saturated heterocycles. The predicted octanol–water partition coefficient (Wildman–Crippen LogP) is 0.108. The van der Waals surface area contributed by atoms with Crippen LogP contribution < -0.4 is 16.0 Å². The van der Waals surface area contributed by atoms with Crippen LogP contribution in [0.4, 0.5) is 10.5 Å². The Labute approximate surface area is 152 Å². The number of carbonyl (C=O) groups excluding carboxylic acids is 2. The van der Waals surface area contributed by atoms with Gasteiger partial charge in [-0.25, -0.2) is 13.2 Å². The van der Waals surface area contributed by atoms with Crippen molar-refractivity contribution in [2.75, 3.05) is 38.2 Å². The summed E-state index contributed by atoms with van der Waals surface area (Å²) < 4.78 is 31.8. The van der Waals surface area contributed by atoms with E-state index in [4.69, 9.17) is 4.74 Å². The van der Waals surface area contributed by atoms with Crippen molar-refractivity contribution >= 4 is 27.6 Å². The van der Waals surface area contributed by atoms with Crippen LogP contribution in [0.5, 0.6) is 0 Å². The highest BCUT2D eigenvalue weighted by Crippen LogP contribution is 2.20. The van der Waals surface area contributed by atoms with Crippen LogP contribution in [-0.4, -0.2) is 63.6 Å². The summed E-state index contributed by atoms with van der Waals surface area (Å²) in [7, 11) is -3.60. The van der Waals surface area contributed by atoms with Crippen LogP contribution in [0.3, 0.4) is 0 Å². The average Bonchev–Trinajstić information content (AvgIpc) is 3.45. The monoisotopic (exact) mass is 382 g/mol. The van der Waals surface area contributed by atoms with Crippen molar-refractivity contribution in [3.63, 3.8) is 0 Å². The van der Waals surface area contributed by atoms with Crippen molar-refractivity contribution in [2.24, 2.45) is 0 Å². The van der Waals surface area contributed by atoms with Gasteiger partial charge in [-0.1, -0.05) is 6.07 Å². The molecule has 26 heavy (non-hydrogen) atoms. The molecule has 0 atom stereocenters. The minimum absolute atomic E-state index is 0.140. The van der Waals surface area contributed by atoms with Gasteiger partial charge in [0.2, 0.25) is 15.9 Å². The fraction of sp³-hybridized carbons (Fsp3) is 0.500. The number of rotatable bonds is 6. The summed E-state index contributed by atoms with van der Waals surface area (Å²) in [6, 6.07) is 5.91. The number of carbonyl (C=O) groups is 2. The van der Waals surface area contributed by atoms with Crippen molar-refractivity contribution in [3.05, 3.63) is 24.3 Å². The Morgan fingerprint density at radius 3 is 2.62 bits per heavy atom. The molecule has 1 aromatic carbocycles. The van der Waals surface area contributed by atoms with E-state index in [2.05, 4.69) is 16.0 Å². The molecule has 10 heteroatoms. The Kier molecular flexibility index (Phi) is 5.74. The van der Waals surface area contributed by atoms with Gasteiger partial charge >= 0.3 is 6.03 Å². The van der Waals surface area contributed by atoms with E-state index in [1.54, 1.807) is 12.1 Å². The molecule has 0 unspecified atom stereocenters. The fourth-order valence-electron chi connectivity index (χ4n) is 2.50. The average molecular weight is 382 g/mol. The standard InChI is InChI=1S/C16H22N4O5S/c21-15(19-16(22)18-12-4-5-12)11-17-13-2-1-3-14(10-13)26(23,24)20-6-8-25-9-7-20/h1-3,10,12,17H,4-9,11H2,(H2,18,19,21,22). The van der Waals surface area contributed by atoms with Crippen molar-refractivity contribution in [3.8, 4) is 0 Å². The zero-order chi connectivity index (χ0) is 18.6. The Morgan fingerprint density at radius 1 is 1.19 bits per heavy atom. The summed E-state index contributed by atoms with van der Waals surface area (Å²) in [5, 5.41) is 7.72. The first-order chi connectivity index (χ1) is 12.4. The van der Waals surface area contributed by atoms with Crippen molar-refractivity contribution < 1.29 is 22.7 Å². The van der Waals surface area contributed by atoms with E-state index >= 15 is 0 Å². The number of hydrogen-bond donors (Lipinski definition) is 3. The number of hydrogen-bond acceptors (Lipinski definition) is 6. The molecule has 0 aromatic heterocycles. The lowest BCUT2D eigenvalue weighted by Crippen LogP contribution is -2.42. The minimum atomic E-state index is -3.60. The van der Waals surface area contributed by atoms with Gasteiger partial charge in [0.15, 0.2) is 0 Å². The van der Waals surface area contributed by atoms with Gasteiger partial charge in [-0.05, 0) is 31.0 Å². The molecule has 1 aromatic rings. The molecule has 9 nitrogen and oxygen atoms in total. The highest BCUT2D eigenvalue weighted by molar-refractivity contribution is 7.89. The van der Waals surface area contributed by atoms with E-state index in [9.17, 15) is 18.0 Å². The number of morpholine rings is 1. The Morgan fingerprint density at radius 2 is 1.92 bits per heavy atom. The molecule has 3 N–H and O–H groups in total. The molecule has 2 aliphatic rings. The van der Waals surface area contributed by atoms with Crippen molar-refractivity contribution in [2.45, 2.75) is 23.8 Å². The highest BCUT2D eigenvalue weighted by Gasteiger charge is 2.26. The minimum Gasteiger partial charge on any atom is -0.379 e. The van der Waals surface area contributed by atoms with Crippen LogP contribution in [0.25, 0.3) is 0 Å². The van der Waals surface area contributed by atoms with Gasteiger partial charge in [0.1, 0.15) is 0 Å². The van der Waals surface area contributed by atoms with Gasteiger partial charge < -0.3 is 15.4 Å². The lowest BCUT2D eigenvalue weighted by Gasteiger charge is -2.26. The molecule has 1 saturated carbocycles. The molecule has 0 bridgehead atoms. The summed E-state index contributed by atoms with van der Waals surface area (Å²) >= 11 is 0. The fourth-order valence-corrected chi connectivity index (χ4v) is 3.96. The van der Waals surface area contributed by atoms with Gasteiger partial charge in [0.25, 0.3) is 0 Å². The number of anilines is 1. The molecule has 142 valence electrons. The number of imide groups is 1. The molecule has 1 aliphatic carbocycles. The van der Waals surface area contributed by atoms with Crippen LogP contribution in [-0.2, 0) is 19.6 Å². The van der Waals surface area contributed by atoms with Crippen LogP contribution in [0.15, 0.2) is 29.2 Å². The highest BCUT2D eigenvalue weighted by atomic mass is 32.2. The Bertz CT molecular complexity index is 773. The number of sulfonamides is 1. The second kappa shape index (κ2) is 8.02. The van der Waals surface area contributed by atoms with Gasteiger partial charge in [-0.2, -0.15) is 4.31 Å². The van der Waals surface area contributed by atoms with Crippen LogP contribution in [0.2, 0.25) is 0 Å². The molecule has 2 fully saturated rings.